The van der Waals surface area contributed by atoms with Gasteiger partial charge in [-0.25, -0.2) is 0 Å². The minimum absolute atomic E-state index is 0.00556. The van der Waals surface area contributed by atoms with Crippen molar-refractivity contribution in [2.45, 2.75) is 11.1 Å². The van der Waals surface area contributed by atoms with Gasteiger partial charge in [0.05, 0.1) is 16.3 Å². The lowest BCUT2D eigenvalue weighted by molar-refractivity contribution is -0.137. The van der Waals surface area contributed by atoms with Gasteiger partial charge in [0, 0.05) is 11.4 Å². The topological polar surface area (TPSA) is 26.0 Å². The molecule has 7 heteroatoms. The molecule has 2 N–H and O–H groups in total. The highest BCUT2D eigenvalue weighted by Crippen LogP contribution is 2.42. The molecular weight excluding hydrogens is 309 g/mol. The Morgan fingerprint density at radius 3 is 2.28 bits per heavy atom. The number of nitrogens with two attached hydrogens (primary N) is 1. The molecular formula is C11H9Cl3F3N. The van der Waals surface area contributed by atoms with Gasteiger partial charge in [0.25, 0.3) is 0 Å². The third kappa shape index (κ3) is 2.87. The van der Waals surface area contributed by atoms with Crippen molar-refractivity contribution in [3.05, 3.63) is 40.9 Å². The van der Waals surface area contributed by atoms with Crippen molar-refractivity contribution in [2.24, 2.45) is 0 Å². The third-order valence-electron chi connectivity index (χ3n) is 2.42. The van der Waals surface area contributed by atoms with Crippen molar-refractivity contribution in [3.8, 4) is 0 Å². The highest BCUT2D eigenvalue weighted by molar-refractivity contribution is 6.35. The minimum atomic E-state index is -4.54. The lowest BCUT2D eigenvalue weighted by Crippen LogP contribution is -2.21. The van der Waals surface area contributed by atoms with Gasteiger partial charge in [0.1, 0.15) is 4.87 Å². The second kappa shape index (κ2) is 5.19. The first-order chi connectivity index (χ1) is 8.15. The molecule has 100 valence electrons. The molecule has 0 heterocycles. The van der Waals surface area contributed by atoms with Gasteiger partial charge in [0.15, 0.2) is 0 Å². The van der Waals surface area contributed by atoms with Gasteiger partial charge in [0.2, 0.25) is 0 Å². The Bertz CT molecular complexity index is 473. The van der Waals surface area contributed by atoms with E-state index < -0.39 is 16.6 Å². The number of anilines is 1. The summed E-state index contributed by atoms with van der Waals surface area (Å²) in [5.74, 6) is -0.181. The molecule has 0 saturated carbocycles. The molecule has 0 fully saturated rings. The molecule has 1 rings (SSSR count). The summed E-state index contributed by atoms with van der Waals surface area (Å²) in [4.78, 5) is -1.39. The lowest BCUT2D eigenvalue weighted by Gasteiger charge is -2.24. The van der Waals surface area contributed by atoms with Crippen LogP contribution in [0.1, 0.15) is 11.1 Å². The first-order valence-electron chi connectivity index (χ1n) is 4.71. The van der Waals surface area contributed by atoms with Crippen molar-refractivity contribution in [2.75, 3.05) is 11.6 Å². The molecule has 1 aromatic carbocycles. The minimum Gasteiger partial charge on any atom is -0.397 e. The Hall–Kier alpha value is -0.580. The molecule has 0 bridgehead atoms. The summed E-state index contributed by atoms with van der Waals surface area (Å²) in [5, 5.41) is -0.225. The van der Waals surface area contributed by atoms with E-state index in [9.17, 15) is 13.2 Å². The van der Waals surface area contributed by atoms with Crippen LogP contribution >= 0.6 is 34.8 Å². The zero-order valence-corrected chi connectivity index (χ0v) is 11.3. The van der Waals surface area contributed by atoms with Gasteiger partial charge in [-0.1, -0.05) is 17.7 Å². The first kappa shape index (κ1) is 15.5. The fourth-order valence-electron chi connectivity index (χ4n) is 1.36. The maximum absolute atomic E-state index is 12.7. The number of allylic oxidation sites excluding steroid dienone is 1. The van der Waals surface area contributed by atoms with Crippen LogP contribution in [0.15, 0.2) is 24.8 Å². The Morgan fingerprint density at radius 1 is 1.33 bits per heavy atom. The van der Waals surface area contributed by atoms with E-state index in [1.165, 1.54) is 6.08 Å². The maximum atomic E-state index is 12.7. The lowest BCUT2D eigenvalue weighted by atomic mass is 9.96. The summed E-state index contributed by atoms with van der Waals surface area (Å²) in [7, 11) is 0. The fourth-order valence-corrected chi connectivity index (χ4v) is 1.99. The average molecular weight is 319 g/mol. The molecule has 0 spiro atoms. The number of halogens is 6. The van der Waals surface area contributed by atoms with Crippen molar-refractivity contribution in [1.82, 2.24) is 0 Å². The van der Waals surface area contributed by atoms with Crippen molar-refractivity contribution < 1.29 is 13.2 Å². The van der Waals surface area contributed by atoms with Gasteiger partial charge < -0.3 is 5.73 Å². The molecule has 1 atom stereocenters. The largest absolute Gasteiger partial charge is 0.416 e. The molecule has 0 aliphatic carbocycles. The summed E-state index contributed by atoms with van der Waals surface area (Å²) in [6, 6.07) is 1.58. The van der Waals surface area contributed by atoms with Crippen molar-refractivity contribution >= 4 is 40.5 Å². The number of hydrogen-bond donors (Lipinski definition) is 1. The van der Waals surface area contributed by atoms with E-state index in [4.69, 9.17) is 40.5 Å². The highest BCUT2D eigenvalue weighted by Gasteiger charge is 2.35. The Morgan fingerprint density at radius 2 is 1.89 bits per heavy atom. The van der Waals surface area contributed by atoms with Crippen LogP contribution in [0, 0.1) is 0 Å². The molecule has 18 heavy (non-hydrogen) atoms. The van der Waals surface area contributed by atoms with Crippen molar-refractivity contribution in [1.29, 1.82) is 0 Å². The molecule has 1 aromatic rings. The summed E-state index contributed by atoms with van der Waals surface area (Å²) in [6.07, 6.45) is -3.32. The zero-order chi connectivity index (χ0) is 14.1. The molecule has 0 amide bonds. The monoisotopic (exact) mass is 317 g/mol. The maximum Gasteiger partial charge on any atom is 0.416 e. The number of alkyl halides is 5. The molecule has 0 aliphatic rings. The van der Waals surface area contributed by atoms with Gasteiger partial charge in [-0.15, -0.1) is 29.8 Å². The second-order valence-corrected chi connectivity index (χ2v) is 4.97. The van der Waals surface area contributed by atoms with Crippen LogP contribution < -0.4 is 5.73 Å². The molecule has 0 aromatic heterocycles. The number of benzene rings is 1. The van der Waals surface area contributed by atoms with Gasteiger partial charge in [-0.3, -0.25) is 0 Å². The number of rotatable bonds is 3. The SMILES string of the molecule is C=CC(Cl)(CCl)c1cc(C(F)(F)F)cc(Cl)c1N. The molecule has 1 nitrogen and oxygen atoms in total. The van der Waals surface area contributed by atoms with Crippen LogP contribution in [0.5, 0.6) is 0 Å². The fraction of sp³-hybridized carbons (Fsp3) is 0.273. The van der Waals surface area contributed by atoms with E-state index in [0.717, 1.165) is 12.1 Å². The van der Waals surface area contributed by atoms with Crippen LogP contribution in [0.25, 0.3) is 0 Å². The van der Waals surface area contributed by atoms with Crippen LogP contribution in [-0.4, -0.2) is 5.88 Å². The van der Waals surface area contributed by atoms with Crippen LogP contribution in [0.2, 0.25) is 5.02 Å². The molecule has 0 aliphatic heterocycles. The summed E-state index contributed by atoms with van der Waals surface area (Å²) < 4.78 is 38.0. The third-order valence-corrected chi connectivity index (χ3v) is 3.79. The smallest absolute Gasteiger partial charge is 0.397 e. The predicted molar refractivity (Wildman–Crippen MR) is 69.3 cm³/mol. The average Bonchev–Trinajstić information content (AvgIpc) is 2.30. The van der Waals surface area contributed by atoms with E-state index in [0.29, 0.717) is 0 Å². The van der Waals surface area contributed by atoms with Crippen molar-refractivity contribution in [3.63, 3.8) is 0 Å². The Kier molecular flexibility index (Phi) is 4.47. The van der Waals surface area contributed by atoms with Crippen LogP contribution in [0.3, 0.4) is 0 Å². The van der Waals surface area contributed by atoms with Crippen LogP contribution in [-0.2, 0) is 11.1 Å². The predicted octanol–water partition coefficient (Wildman–Crippen LogP) is 4.80. The van der Waals surface area contributed by atoms with Gasteiger partial charge in [-0.2, -0.15) is 13.2 Å². The standard InChI is InChI=1S/C11H9Cl3F3N/c1-2-10(14,5-12)7-3-6(11(15,16)17)4-8(13)9(7)18/h2-4H,1,5,18H2. The van der Waals surface area contributed by atoms with E-state index in [1.807, 2.05) is 0 Å². The molecule has 0 radical (unpaired) electrons. The number of nitrogen functional groups attached to an aromatic ring is 1. The Labute approximate surface area is 117 Å². The Balaban J connectivity index is 3.54. The van der Waals surface area contributed by atoms with E-state index in [1.54, 1.807) is 0 Å². The first-order valence-corrected chi connectivity index (χ1v) is 6.00. The van der Waals surface area contributed by atoms with E-state index in [-0.39, 0.29) is 22.2 Å². The summed E-state index contributed by atoms with van der Waals surface area (Å²) >= 11 is 17.4. The summed E-state index contributed by atoms with van der Waals surface area (Å²) in [6.45, 7) is 3.45. The highest BCUT2D eigenvalue weighted by atomic mass is 35.5. The summed E-state index contributed by atoms with van der Waals surface area (Å²) in [5.41, 5.74) is 4.66. The second-order valence-electron chi connectivity index (χ2n) is 3.62. The van der Waals surface area contributed by atoms with E-state index in [2.05, 4.69) is 6.58 Å². The quantitative estimate of drug-likeness (QED) is 0.483. The normalized spacial score (nSPS) is 15.2. The van der Waals surface area contributed by atoms with E-state index >= 15 is 0 Å². The molecule has 0 saturated heterocycles. The van der Waals surface area contributed by atoms with Crippen LogP contribution in [0.4, 0.5) is 18.9 Å². The zero-order valence-electron chi connectivity index (χ0n) is 8.99. The van der Waals surface area contributed by atoms with Gasteiger partial charge >= 0.3 is 6.18 Å². The van der Waals surface area contributed by atoms with Gasteiger partial charge in [-0.05, 0) is 12.1 Å². The number of hydrogen-bond acceptors (Lipinski definition) is 1. The molecule has 1 unspecified atom stereocenters.